The van der Waals surface area contributed by atoms with Gasteiger partial charge in [0.05, 0.1) is 12.3 Å². The van der Waals surface area contributed by atoms with Gasteiger partial charge < -0.3 is 14.2 Å². The Morgan fingerprint density at radius 1 is 1.24 bits per heavy atom. The largest absolute Gasteiger partial charge is 0.465 e. The Morgan fingerprint density at radius 3 is 2.56 bits per heavy atom. The van der Waals surface area contributed by atoms with Gasteiger partial charge in [-0.1, -0.05) is 44.2 Å². The molecule has 0 amide bonds. The van der Waals surface area contributed by atoms with E-state index >= 15 is 0 Å². The Balaban J connectivity index is 2.31. The number of cyclic esters (lactones) is 2. The highest BCUT2D eigenvalue weighted by molar-refractivity contribution is 5.77. The molecular formula is C19H24O6. The molecule has 1 fully saturated rings. The van der Waals surface area contributed by atoms with Crippen molar-refractivity contribution in [2.24, 2.45) is 11.8 Å². The zero-order valence-corrected chi connectivity index (χ0v) is 14.8. The van der Waals surface area contributed by atoms with Gasteiger partial charge in [0, 0.05) is 0 Å². The Morgan fingerprint density at radius 2 is 1.92 bits per heavy atom. The summed E-state index contributed by atoms with van der Waals surface area (Å²) in [5.41, 5.74) is 0.910. The Bertz CT molecular complexity index is 610. The first kappa shape index (κ1) is 19.0. The molecule has 1 aromatic carbocycles. The predicted octanol–water partition coefficient (Wildman–Crippen LogP) is 2.29. The minimum absolute atomic E-state index is 0.0149. The van der Waals surface area contributed by atoms with E-state index in [2.05, 4.69) is 0 Å². The summed E-state index contributed by atoms with van der Waals surface area (Å²) in [5, 5.41) is 0. The Labute approximate surface area is 147 Å². The fourth-order valence-electron chi connectivity index (χ4n) is 2.65. The average molecular weight is 348 g/mol. The van der Waals surface area contributed by atoms with Gasteiger partial charge in [0.1, 0.15) is 18.6 Å². The summed E-state index contributed by atoms with van der Waals surface area (Å²) in [6.45, 7) is 5.00. The van der Waals surface area contributed by atoms with Gasteiger partial charge in [0.2, 0.25) is 0 Å². The maximum Gasteiger partial charge on any atom is 0.313 e. The fourth-order valence-corrected chi connectivity index (χ4v) is 2.65. The molecule has 6 nitrogen and oxygen atoms in total. The van der Waals surface area contributed by atoms with Crippen LogP contribution in [-0.2, 0) is 35.0 Å². The van der Waals surface area contributed by atoms with Crippen LogP contribution in [0.5, 0.6) is 0 Å². The molecule has 1 heterocycles. The topological polar surface area (TPSA) is 78.9 Å². The van der Waals surface area contributed by atoms with Crippen molar-refractivity contribution < 1.29 is 28.6 Å². The lowest BCUT2D eigenvalue weighted by atomic mass is 9.91. The van der Waals surface area contributed by atoms with Crippen LogP contribution in [0.4, 0.5) is 0 Å². The zero-order chi connectivity index (χ0) is 18.4. The molecule has 1 aliphatic rings. The van der Waals surface area contributed by atoms with Crippen molar-refractivity contribution in [1.29, 1.82) is 0 Å². The summed E-state index contributed by atoms with van der Waals surface area (Å²) in [7, 11) is 0. The summed E-state index contributed by atoms with van der Waals surface area (Å²) in [4.78, 5) is 36.5. The number of ether oxygens (including phenoxy) is 3. The number of hydrogen-bond acceptors (Lipinski definition) is 6. The van der Waals surface area contributed by atoms with Gasteiger partial charge in [0.25, 0.3) is 0 Å². The lowest BCUT2D eigenvalue weighted by Crippen LogP contribution is -2.43. The molecule has 0 radical (unpaired) electrons. The first-order valence-electron chi connectivity index (χ1n) is 8.49. The number of hydrogen-bond donors (Lipinski definition) is 0. The lowest BCUT2D eigenvalue weighted by molar-refractivity contribution is -0.176. The van der Waals surface area contributed by atoms with Gasteiger partial charge >= 0.3 is 17.9 Å². The SMILES string of the molecule is CC(C)C(=O)O[C@H]1[C@H](C)OC(=O)CCOC(=O)[C@@H]1Cc1ccccc1. The molecule has 1 saturated heterocycles. The van der Waals surface area contributed by atoms with Crippen LogP contribution >= 0.6 is 0 Å². The molecule has 6 heteroatoms. The standard InChI is InChI=1S/C19H24O6/c1-12(2)18(21)25-17-13(3)24-16(20)9-10-23-19(22)15(17)11-14-7-5-4-6-8-14/h4-8,12-13,15,17H,9-11H2,1-3H3/t13-,15+,17-/m0/s1. The second-order valence-corrected chi connectivity index (χ2v) is 6.46. The minimum atomic E-state index is -0.898. The second kappa shape index (κ2) is 8.65. The fraction of sp³-hybridized carbons (Fsp3) is 0.526. The molecule has 0 bridgehead atoms. The molecule has 0 saturated carbocycles. The van der Waals surface area contributed by atoms with Crippen LogP contribution in [0.3, 0.4) is 0 Å². The van der Waals surface area contributed by atoms with E-state index in [-0.39, 0.29) is 18.9 Å². The van der Waals surface area contributed by atoms with E-state index in [0.717, 1.165) is 5.56 Å². The van der Waals surface area contributed by atoms with Crippen LogP contribution < -0.4 is 0 Å². The highest BCUT2D eigenvalue weighted by Crippen LogP contribution is 2.24. The molecule has 136 valence electrons. The lowest BCUT2D eigenvalue weighted by Gasteiger charge is -2.29. The third-order valence-corrected chi connectivity index (χ3v) is 4.05. The smallest absolute Gasteiger partial charge is 0.313 e. The van der Waals surface area contributed by atoms with E-state index < -0.39 is 36.0 Å². The molecule has 0 aromatic heterocycles. The highest BCUT2D eigenvalue weighted by atomic mass is 16.6. The van der Waals surface area contributed by atoms with E-state index in [4.69, 9.17) is 14.2 Å². The minimum Gasteiger partial charge on any atom is -0.465 e. The molecule has 0 N–H and O–H groups in total. The number of carbonyl (C=O) groups is 3. The quantitative estimate of drug-likeness (QED) is 0.614. The van der Waals surface area contributed by atoms with Crippen molar-refractivity contribution in [1.82, 2.24) is 0 Å². The summed E-state index contributed by atoms with van der Waals surface area (Å²) in [5.74, 6) is -2.52. The van der Waals surface area contributed by atoms with E-state index in [1.165, 1.54) is 0 Å². The van der Waals surface area contributed by atoms with Crippen LogP contribution in [0.2, 0.25) is 0 Å². The number of rotatable bonds is 4. The second-order valence-electron chi connectivity index (χ2n) is 6.46. The molecule has 1 aromatic rings. The van der Waals surface area contributed by atoms with E-state index in [1.54, 1.807) is 20.8 Å². The van der Waals surface area contributed by atoms with Crippen LogP contribution in [0.15, 0.2) is 30.3 Å². The molecular weight excluding hydrogens is 324 g/mol. The first-order chi connectivity index (χ1) is 11.9. The third kappa shape index (κ3) is 5.31. The van der Waals surface area contributed by atoms with Crippen LogP contribution in [-0.4, -0.2) is 36.7 Å². The van der Waals surface area contributed by atoms with Crippen molar-refractivity contribution in [3.63, 3.8) is 0 Å². The first-order valence-corrected chi connectivity index (χ1v) is 8.49. The number of carbonyl (C=O) groups excluding carboxylic acids is 3. The van der Waals surface area contributed by atoms with Crippen molar-refractivity contribution in [2.75, 3.05) is 6.61 Å². The van der Waals surface area contributed by atoms with E-state index in [0.29, 0.717) is 6.42 Å². The molecule has 25 heavy (non-hydrogen) atoms. The summed E-state index contributed by atoms with van der Waals surface area (Å²) in [6, 6.07) is 9.39. The van der Waals surface area contributed by atoms with Crippen molar-refractivity contribution >= 4 is 17.9 Å². The molecule has 0 spiro atoms. The van der Waals surface area contributed by atoms with Gasteiger partial charge in [0.15, 0.2) is 6.10 Å². The van der Waals surface area contributed by atoms with Crippen LogP contribution in [0, 0.1) is 11.8 Å². The third-order valence-electron chi connectivity index (χ3n) is 4.05. The predicted molar refractivity (Wildman–Crippen MR) is 89.5 cm³/mol. The average Bonchev–Trinajstić information content (AvgIpc) is 2.61. The van der Waals surface area contributed by atoms with Gasteiger partial charge in [-0.2, -0.15) is 0 Å². The normalized spacial score (nSPS) is 24.6. The molecule has 3 atom stereocenters. The maximum atomic E-state index is 12.6. The van der Waals surface area contributed by atoms with Crippen LogP contribution in [0.25, 0.3) is 0 Å². The Hall–Kier alpha value is -2.37. The molecule has 0 unspecified atom stereocenters. The maximum absolute atomic E-state index is 12.6. The highest BCUT2D eigenvalue weighted by Gasteiger charge is 2.40. The van der Waals surface area contributed by atoms with Gasteiger partial charge in [-0.3, -0.25) is 14.4 Å². The summed E-state index contributed by atoms with van der Waals surface area (Å²) in [6.07, 6.45) is -1.32. The number of esters is 3. The van der Waals surface area contributed by atoms with Crippen molar-refractivity contribution in [2.45, 2.75) is 45.8 Å². The molecule has 1 aliphatic heterocycles. The molecule has 0 aliphatic carbocycles. The Kier molecular flexibility index (Phi) is 6.56. The molecule has 2 rings (SSSR count). The van der Waals surface area contributed by atoms with Gasteiger partial charge in [-0.25, -0.2) is 0 Å². The van der Waals surface area contributed by atoms with Crippen LogP contribution in [0.1, 0.15) is 32.8 Å². The monoisotopic (exact) mass is 348 g/mol. The summed E-state index contributed by atoms with van der Waals surface area (Å²) >= 11 is 0. The number of benzene rings is 1. The van der Waals surface area contributed by atoms with Crippen molar-refractivity contribution in [3.05, 3.63) is 35.9 Å². The zero-order valence-electron chi connectivity index (χ0n) is 14.8. The van der Waals surface area contributed by atoms with Crippen molar-refractivity contribution in [3.8, 4) is 0 Å². The van der Waals surface area contributed by atoms with Gasteiger partial charge in [-0.05, 0) is 18.9 Å². The van der Waals surface area contributed by atoms with E-state index in [1.807, 2.05) is 30.3 Å². The van der Waals surface area contributed by atoms with E-state index in [9.17, 15) is 14.4 Å². The summed E-state index contributed by atoms with van der Waals surface area (Å²) < 4.78 is 16.1. The van der Waals surface area contributed by atoms with Gasteiger partial charge in [-0.15, -0.1) is 0 Å².